The highest BCUT2D eigenvalue weighted by Crippen LogP contribution is 2.49. The lowest BCUT2D eigenvalue weighted by atomic mass is 9.65. The Morgan fingerprint density at radius 1 is 1.16 bits per heavy atom. The lowest BCUT2D eigenvalue weighted by Crippen LogP contribution is -2.56. The van der Waals surface area contributed by atoms with E-state index in [-0.39, 0.29) is 17.1 Å². The van der Waals surface area contributed by atoms with Gasteiger partial charge in [0.1, 0.15) is 23.1 Å². The van der Waals surface area contributed by atoms with Crippen molar-refractivity contribution in [3.63, 3.8) is 0 Å². The molecule has 2 aromatic carbocycles. The zero-order valence-electron chi connectivity index (χ0n) is 18.0. The number of carboxylic acid groups (broad SMARTS) is 1. The largest absolute Gasteiger partial charge is 0.490 e. The molecule has 6 rings (SSSR count). The third-order valence-electron chi connectivity index (χ3n) is 6.86. The minimum Gasteiger partial charge on any atom is -0.490 e. The number of nitrogens with zero attached hydrogens (tertiary/aromatic N) is 1. The first kappa shape index (κ1) is 19.3. The number of aromatic nitrogens is 1. The Balaban J connectivity index is 1.48. The summed E-state index contributed by atoms with van der Waals surface area (Å²) in [5.74, 6) is 0.149. The fraction of sp³-hybridized carbons (Fsp3) is 0.308. The topological polar surface area (TPSA) is 81.8 Å². The molecule has 0 bridgehead atoms. The van der Waals surface area contributed by atoms with E-state index in [1.165, 1.54) is 0 Å². The molecular formula is C26H23NO5. The number of carboxylic acids is 1. The second kappa shape index (κ2) is 6.81. The number of aromatic carboxylic acids is 1. The molecule has 1 aliphatic heterocycles. The summed E-state index contributed by atoms with van der Waals surface area (Å²) >= 11 is 0. The van der Waals surface area contributed by atoms with E-state index in [1.54, 1.807) is 6.07 Å². The highest BCUT2D eigenvalue weighted by Gasteiger charge is 2.51. The van der Waals surface area contributed by atoms with E-state index in [9.17, 15) is 9.90 Å². The number of ether oxygens (including phenoxy) is 2. The van der Waals surface area contributed by atoms with Gasteiger partial charge in [0.15, 0.2) is 5.76 Å². The summed E-state index contributed by atoms with van der Waals surface area (Å²) in [7, 11) is 0. The van der Waals surface area contributed by atoms with E-state index < -0.39 is 5.97 Å². The molecule has 0 amide bonds. The smallest absolute Gasteiger partial charge is 0.336 e. The molecule has 0 radical (unpaired) electrons. The van der Waals surface area contributed by atoms with Crippen LogP contribution < -0.4 is 4.74 Å². The molecule has 1 spiro atoms. The van der Waals surface area contributed by atoms with Crippen LogP contribution in [-0.4, -0.2) is 35.4 Å². The average Bonchev–Trinajstić information content (AvgIpc) is 3.06. The van der Waals surface area contributed by atoms with Crippen molar-refractivity contribution in [1.82, 2.24) is 4.98 Å². The van der Waals surface area contributed by atoms with Gasteiger partial charge in [-0.3, -0.25) is 0 Å². The van der Waals surface area contributed by atoms with Crippen LogP contribution in [0.3, 0.4) is 0 Å². The maximum absolute atomic E-state index is 12.3. The van der Waals surface area contributed by atoms with Gasteiger partial charge in [0, 0.05) is 16.4 Å². The van der Waals surface area contributed by atoms with E-state index in [0.29, 0.717) is 28.1 Å². The summed E-state index contributed by atoms with van der Waals surface area (Å²) in [5.41, 5.74) is 4.16. The van der Waals surface area contributed by atoms with Gasteiger partial charge in [-0.15, -0.1) is 0 Å². The van der Waals surface area contributed by atoms with Gasteiger partial charge in [-0.1, -0.05) is 24.3 Å². The van der Waals surface area contributed by atoms with Crippen LogP contribution in [0.25, 0.3) is 33.3 Å². The molecule has 2 fully saturated rings. The molecule has 1 saturated carbocycles. The molecule has 6 nitrogen and oxygen atoms in total. The maximum atomic E-state index is 12.3. The second-order valence-corrected chi connectivity index (χ2v) is 9.16. The van der Waals surface area contributed by atoms with Crippen molar-refractivity contribution in [2.45, 2.75) is 32.8 Å². The highest BCUT2D eigenvalue weighted by atomic mass is 16.5. The van der Waals surface area contributed by atoms with Crippen molar-refractivity contribution < 1.29 is 23.8 Å². The zero-order valence-corrected chi connectivity index (χ0v) is 18.0. The Morgan fingerprint density at radius 3 is 2.62 bits per heavy atom. The Morgan fingerprint density at radius 2 is 1.94 bits per heavy atom. The van der Waals surface area contributed by atoms with Gasteiger partial charge >= 0.3 is 5.97 Å². The molecule has 162 valence electrons. The minimum absolute atomic E-state index is 0.0729. The number of hydrogen-bond donors (Lipinski definition) is 1. The van der Waals surface area contributed by atoms with Crippen LogP contribution in [0.15, 0.2) is 46.9 Å². The Hall–Kier alpha value is -3.38. The Labute approximate surface area is 184 Å². The summed E-state index contributed by atoms with van der Waals surface area (Å²) in [4.78, 5) is 17.2. The van der Waals surface area contributed by atoms with Crippen LogP contribution >= 0.6 is 0 Å². The SMILES string of the molecule is Cc1c(-c2cc(C(=O)O)c3c(OC4CC5(COC5)C4)ccc(C)c3n2)oc2ccccc12. The predicted molar refractivity (Wildman–Crippen MR) is 120 cm³/mol. The molecular weight excluding hydrogens is 406 g/mol. The number of hydrogen-bond acceptors (Lipinski definition) is 5. The molecule has 0 unspecified atom stereocenters. The molecule has 3 heterocycles. The van der Waals surface area contributed by atoms with Gasteiger partial charge in [-0.2, -0.15) is 0 Å². The number of para-hydroxylation sites is 1. The molecule has 2 aromatic heterocycles. The fourth-order valence-corrected chi connectivity index (χ4v) is 5.04. The lowest BCUT2D eigenvalue weighted by Gasteiger charge is -2.52. The number of benzene rings is 2. The van der Waals surface area contributed by atoms with E-state index >= 15 is 0 Å². The molecule has 32 heavy (non-hydrogen) atoms. The van der Waals surface area contributed by atoms with Crippen molar-refractivity contribution in [3.8, 4) is 17.2 Å². The average molecular weight is 429 g/mol. The van der Waals surface area contributed by atoms with Crippen molar-refractivity contribution in [1.29, 1.82) is 0 Å². The number of rotatable bonds is 4. The van der Waals surface area contributed by atoms with E-state index in [4.69, 9.17) is 18.9 Å². The van der Waals surface area contributed by atoms with Crippen LogP contribution in [0.5, 0.6) is 5.75 Å². The monoisotopic (exact) mass is 429 g/mol. The highest BCUT2D eigenvalue weighted by molar-refractivity contribution is 6.07. The van der Waals surface area contributed by atoms with Gasteiger partial charge in [-0.05, 0) is 50.5 Å². The lowest BCUT2D eigenvalue weighted by molar-refractivity contribution is -0.191. The third kappa shape index (κ3) is 2.83. The quantitative estimate of drug-likeness (QED) is 0.460. The van der Waals surface area contributed by atoms with Crippen LogP contribution in [0, 0.1) is 19.3 Å². The standard InChI is InChI=1S/C26H23NO5/c1-14-7-8-21(31-16-10-26(11-16)12-30-13-26)22-18(25(28)29)9-19(27-23(14)22)24-15(2)17-5-3-4-6-20(17)32-24/h3-9,16H,10-13H2,1-2H3,(H,28,29). The molecule has 0 atom stereocenters. The minimum atomic E-state index is -1.01. The molecule has 6 heteroatoms. The number of pyridine rings is 1. The third-order valence-corrected chi connectivity index (χ3v) is 6.86. The normalized spacial score (nSPS) is 17.4. The van der Waals surface area contributed by atoms with E-state index in [1.807, 2.05) is 50.2 Å². The Bertz CT molecular complexity index is 1390. The van der Waals surface area contributed by atoms with Crippen molar-refractivity contribution in [2.75, 3.05) is 13.2 Å². The van der Waals surface area contributed by atoms with Crippen LogP contribution in [-0.2, 0) is 4.74 Å². The molecule has 2 aliphatic rings. The van der Waals surface area contributed by atoms with Crippen molar-refractivity contribution >= 4 is 27.8 Å². The molecule has 1 saturated heterocycles. The molecule has 1 N–H and O–H groups in total. The van der Waals surface area contributed by atoms with Crippen LogP contribution in [0.4, 0.5) is 0 Å². The number of aryl methyl sites for hydroxylation is 2. The second-order valence-electron chi connectivity index (χ2n) is 9.16. The van der Waals surface area contributed by atoms with Gasteiger partial charge < -0.3 is 19.0 Å². The number of carbonyl (C=O) groups is 1. The Kier molecular flexibility index (Phi) is 4.11. The van der Waals surface area contributed by atoms with Crippen molar-refractivity contribution in [3.05, 3.63) is 59.2 Å². The van der Waals surface area contributed by atoms with Gasteiger partial charge in [0.2, 0.25) is 0 Å². The predicted octanol–water partition coefficient (Wildman–Crippen LogP) is 5.52. The summed E-state index contributed by atoms with van der Waals surface area (Å²) in [5, 5.41) is 11.6. The summed E-state index contributed by atoms with van der Waals surface area (Å²) in [6, 6.07) is 13.2. The van der Waals surface area contributed by atoms with Crippen molar-refractivity contribution in [2.24, 2.45) is 5.41 Å². The van der Waals surface area contributed by atoms with Crippen LogP contribution in [0.1, 0.15) is 34.3 Å². The van der Waals surface area contributed by atoms with Gasteiger partial charge in [0.25, 0.3) is 0 Å². The summed E-state index contributed by atoms with van der Waals surface area (Å²) in [6.45, 7) is 5.49. The first-order chi connectivity index (χ1) is 15.4. The molecule has 4 aromatic rings. The van der Waals surface area contributed by atoms with Crippen LogP contribution in [0.2, 0.25) is 0 Å². The fourth-order valence-electron chi connectivity index (χ4n) is 5.04. The van der Waals surface area contributed by atoms with Gasteiger partial charge in [0.05, 0.1) is 29.7 Å². The molecule has 1 aliphatic carbocycles. The number of furan rings is 1. The zero-order chi connectivity index (χ0) is 22.0. The maximum Gasteiger partial charge on any atom is 0.336 e. The first-order valence-corrected chi connectivity index (χ1v) is 10.8. The summed E-state index contributed by atoms with van der Waals surface area (Å²) in [6.07, 6.45) is 1.95. The van der Waals surface area contributed by atoms with E-state index in [0.717, 1.165) is 48.2 Å². The summed E-state index contributed by atoms with van der Waals surface area (Å²) < 4.78 is 17.7. The first-order valence-electron chi connectivity index (χ1n) is 10.8. The van der Waals surface area contributed by atoms with E-state index in [2.05, 4.69) is 0 Å². The van der Waals surface area contributed by atoms with Gasteiger partial charge in [-0.25, -0.2) is 9.78 Å². The number of fused-ring (bicyclic) bond motifs is 2.